The van der Waals surface area contributed by atoms with Gasteiger partial charge in [0.15, 0.2) is 0 Å². The molecule has 4 nitrogen and oxygen atoms in total. The lowest BCUT2D eigenvalue weighted by molar-refractivity contribution is -0.138. The maximum absolute atomic E-state index is 12.5. The normalized spacial score (nSPS) is 18.9. The standard InChI is InChI=1S/C14H15Br2NO3/c15-10-3-4-11(12(16)7-10)14(20)17-5-1-2-9(8-17)6-13(18)19/h3-4,7,9H,1-2,5-6,8H2,(H,18,19). The number of halogens is 2. The van der Waals surface area contributed by atoms with Crippen LogP contribution in [0.2, 0.25) is 0 Å². The van der Waals surface area contributed by atoms with E-state index in [2.05, 4.69) is 31.9 Å². The van der Waals surface area contributed by atoms with Gasteiger partial charge in [0.2, 0.25) is 0 Å². The molecule has 1 atom stereocenters. The first kappa shape index (κ1) is 15.5. The van der Waals surface area contributed by atoms with E-state index < -0.39 is 5.97 Å². The third-order valence-electron chi connectivity index (χ3n) is 3.43. The molecule has 1 aliphatic heterocycles. The highest BCUT2D eigenvalue weighted by Crippen LogP contribution is 2.26. The van der Waals surface area contributed by atoms with Crippen LogP contribution >= 0.6 is 31.9 Å². The van der Waals surface area contributed by atoms with E-state index in [9.17, 15) is 9.59 Å². The van der Waals surface area contributed by atoms with Crippen molar-refractivity contribution in [1.29, 1.82) is 0 Å². The van der Waals surface area contributed by atoms with Crippen LogP contribution in [0.15, 0.2) is 27.1 Å². The van der Waals surface area contributed by atoms with Crippen LogP contribution in [0, 0.1) is 5.92 Å². The molecule has 1 aromatic carbocycles. The van der Waals surface area contributed by atoms with Crippen LogP contribution in [-0.2, 0) is 4.79 Å². The van der Waals surface area contributed by atoms with Crippen LogP contribution in [0.3, 0.4) is 0 Å². The van der Waals surface area contributed by atoms with E-state index in [0.717, 1.165) is 21.8 Å². The number of amides is 1. The number of piperidine rings is 1. The molecule has 1 amide bonds. The summed E-state index contributed by atoms with van der Waals surface area (Å²) in [5.41, 5.74) is 0.615. The number of carbonyl (C=O) groups is 2. The number of benzene rings is 1. The number of carboxylic acids is 1. The maximum Gasteiger partial charge on any atom is 0.303 e. The zero-order chi connectivity index (χ0) is 14.7. The summed E-state index contributed by atoms with van der Waals surface area (Å²) >= 11 is 6.76. The molecule has 1 heterocycles. The van der Waals surface area contributed by atoms with Gasteiger partial charge in [-0.2, -0.15) is 0 Å². The van der Waals surface area contributed by atoms with E-state index in [1.54, 1.807) is 11.0 Å². The van der Waals surface area contributed by atoms with E-state index >= 15 is 0 Å². The fourth-order valence-electron chi connectivity index (χ4n) is 2.50. The van der Waals surface area contributed by atoms with E-state index in [1.807, 2.05) is 12.1 Å². The summed E-state index contributed by atoms with van der Waals surface area (Å²) < 4.78 is 1.65. The number of likely N-dealkylation sites (tertiary alicyclic amines) is 1. The van der Waals surface area contributed by atoms with Gasteiger partial charge in [-0.15, -0.1) is 0 Å². The highest BCUT2D eigenvalue weighted by molar-refractivity contribution is 9.11. The average molecular weight is 405 g/mol. The van der Waals surface area contributed by atoms with Crippen LogP contribution < -0.4 is 0 Å². The average Bonchev–Trinajstić information content (AvgIpc) is 2.37. The van der Waals surface area contributed by atoms with Crippen LogP contribution in [0.1, 0.15) is 29.6 Å². The van der Waals surface area contributed by atoms with Crippen LogP contribution in [0.25, 0.3) is 0 Å². The lowest BCUT2D eigenvalue weighted by Gasteiger charge is -2.32. The summed E-state index contributed by atoms with van der Waals surface area (Å²) in [6, 6.07) is 5.44. The van der Waals surface area contributed by atoms with E-state index in [4.69, 9.17) is 5.11 Å². The number of carbonyl (C=O) groups excluding carboxylic acids is 1. The van der Waals surface area contributed by atoms with Gasteiger partial charge in [-0.05, 0) is 52.9 Å². The minimum absolute atomic E-state index is 0.0422. The largest absolute Gasteiger partial charge is 0.481 e. The van der Waals surface area contributed by atoms with Crippen molar-refractivity contribution < 1.29 is 14.7 Å². The molecule has 6 heteroatoms. The first-order chi connectivity index (χ1) is 9.47. The molecular weight excluding hydrogens is 390 g/mol. The quantitative estimate of drug-likeness (QED) is 0.838. The summed E-state index contributed by atoms with van der Waals surface area (Å²) in [6.07, 6.45) is 1.86. The Labute approximate surface area is 134 Å². The lowest BCUT2D eigenvalue weighted by Crippen LogP contribution is -2.40. The van der Waals surface area contributed by atoms with Gasteiger partial charge in [0.05, 0.1) is 5.56 Å². The van der Waals surface area contributed by atoms with Crippen molar-refractivity contribution in [2.45, 2.75) is 19.3 Å². The Morgan fingerprint density at radius 1 is 1.35 bits per heavy atom. The van der Waals surface area contributed by atoms with Gasteiger partial charge in [-0.1, -0.05) is 15.9 Å². The van der Waals surface area contributed by atoms with Gasteiger partial charge < -0.3 is 10.0 Å². The second-order valence-electron chi connectivity index (χ2n) is 4.98. The molecule has 1 saturated heterocycles. The van der Waals surface area contributed by atoms with Gasteiger partial charge in [0.1, 0.15) is 0 Å². The second-order valence-corrected chi connectivity index (χ2v) is 6.75. The Hall–Kier alpha value is -0.880. The van der Waals surface area contributed by atoms with E-state index in [-0.39, 0.29) is 18.2 Å². The Balaban J connectivity index is 2.10. The number of hydrogen-bond acceptors (Lipinski definition) is 2. The highest BCUT2D eigenvalue weighted by atomic mass is 79.9. The Bertz CT molecular complexity index is 533. The third-order valence-corrected chi connectivity index (χ3v) is 4.58. The molecular formula is C14H15Br2NO3. The molecule has 1 aliphatic rings. The van der Waals surface area contributed by atoms with Crippen molar-refractivity contribution in [3.63, 3.8) is 0 Å². The summed E-state index contributed by atoms with van der Waals surface area (Å²) in [7, 11) is 0. The second kappa shape index (κ2) is 6.72. The topological polar surface area (TPSA) is 57.6 Å². The fourth-order valence-corrected chi connectivity index (χ4v) is 3.71. The maximum atomic E-state index is 12.5. The van der Waals surface area contributed by atoms with Crippen molar-refractivity contribution in [2.24, 2.45) is 5.92 Å². The first-order valence-electron chi connectivity index (χ1n) is 6.43. The number of rotatable bonds is 3. The van der Waals surface area contributed by atoms with Crippen molar-refractivity contribution in [3.05, 3.63) is 32.7 Å². The van der Waals surface area contributed by atoms with Crippen LogP contribution in [0.5, 0.6) is 0 Å². The van der Waals surface area contributed by atoms with Crippen molar-refractivity contribution in [3.8, 4) is 0 Å². The predicted octanol–water partition coefficient (Wildman–Crippen LogP) is 3.54. The molecule has 0 bridgehead atoms. The SMILES string of the molecule is O=C(O)CC1CCCN(C(=O)c2ccc(Br)cc2Br)C1. The van der Waals surface area contributed by atoms with E-state index in [0.29, 0.717) is 18.7 Å². The zero-order valence-electron chi connectivity index (χ0n) is 10.8. The Morgan fingerprint density at radius 2 is 2.10 bits per heavy atom. The third kappa shape index (κ3) is 3.82. The van der Waals surface area contributed by atoms with Crippen molar-refractivity contribution in [1.82, 2.24) is 4.90 Å². The van der Waals surface area contributed by atoms with Gasteiger partial charge in [-0.25, -0.2) is 0 Å². The Kier molecular flexibility index (Phi) is 5.21. The van der Waals surface area contributed by atoms with E-state index in [1.165, 1.54) is 0 Å². The summed E-state index contributed by atoms with van der Waals surface area (Å²) in [5.74, 6) is -0.784. The molecule has 20 heavy (non-hydrogen) atoms. The summed E-state index contributed by atoms with van der Waals surface area (Å²) in [4.78, 5) is 25.0. The summed E-state index contributed by atoms with van der Waals surface area (Å²) in [5, 5.41) is 8.87. The number of hydrogen-bond donors (Lipinski definition) is 1. The lowest BCUT2D eigenvalue weighted by atomic mass is 9.94. The smallest absolute Gasteiger partial charge is 0.303 e. The molecule has 1 fully saturated rings. The molecule has 0 saturated carbocycles. The first-order valence-corrected chi connectivity index (χ1v) is 8.02. The molecule has 1 N–H and O–H groups in total. The van der Waals surface area contributed by atoms with Gasteiger partial charge in [-0.3, -0.25) is 9.59 Å². The van der Waals surface area contributed by atoms with Gasteiger partial charge >= 0.3 is 5.97 Å². The molecule has 0 radical (unpaired) electrons. The van der Waals surface area contributed by atoms with Gasteiger partial charge in [0, 0.05) is 28.5 Å². The molecule has 1 unspecified atom stereocenters. The van der Waals surface area contributed by atoms with Crippen LogP contribution in [-0.4, -0.2) is 35.0 Å². The molecule has 0 aliphatic carbocycles. The predicted molar refractivity (Wildman–Crippen MR) is 82.7 cm³/mol. The minimum Gasteiger partial charge on any atom is -0.481 e. The monoisotopic (exact) mass is 403 g/mol. The molecule has 0 aromatic heterocycles. The zero-order valence-corrected chi connectivity index (χ0v) is 14.0. The van der Waals surface area contributed by atoms with Crippen LogP contribution in [0.4, 0.5) is 0 Å². The molecule has 0 spiro atoms. The number of aliphatic carboxylic acids is 1. The number of nitrogens with zero attached hydrogens (tertiary/aromatic N) is 1. The Morgan fingerprint density at radius 3 is 2.75 bits per heavy atom. The fraction of sp³-hybridized carbons (Fsp3) is 0.429. The van der Waals surface area contributed by atoms with Crippen molar-refractivity contribution >= 4 is 43.7 Å². The summed E-state index contributed by atoms with van der Waals surface area (Å²) in [6.45, 7) is 1.21. The number of carboxylic acid groups (broad SMARTS) is 1. The minimum atomic E-state index is -0.797. The molecule has 1 aromatic rings. The highest BCUT2D eigenvalue weighted by Gasteiger charge is 2.26. The van der Waals surface area contributed by atoms with Crippen molar-refractivity contribution in [2.75, 3.05) is 13.1 Å². The molecule has 108 valence electrons. The van der Waals surface area contributed by atoms with Gasteiger partial charge in [0.25, 0.3) is 5.91 Å². The molecule has 2 rings (SSSR count).